The third kappa shape index (κ3) is 3.32. The molecule has 0 aliphatic rings. The lowest BCUT2D eigenvalue weighted by molar-refractivity contribution is 0.0923. The molecule has 0 aromatic carbocycles. The van der Waals surface area contributed by atoms with Crippen LogP contribution in [0.5, 0.6) is 0 Å². The number of H-pyrrole nitrogens is 1. The maximum absolute atomic E-state index is 11.7. The molecule has 0 atom stereocenters. The van der Waals surface area contributed by atoms with Crippen LogP contribution in [0.3, 0.4) is 0 Å². The number of nitrogens with one attached hydrogen (secondary N) is 2. The SMILES string of the molecule is CCc1n[nH]c(=S)n1CCNC(=O)c1ccc(Br)o1. The summed E-state index contributed by atoms with van der Waals surface area (Å²) in [5, 5.41) is 9.61. The zero-order valence-electron chi connectivity index (χ0n) is 10.3. The van der Waals surface area contributed by atoms with Gasteiger partial charge in [0.25, 0.3) is 5.91 Å². The highest BCUT2D eigenvalue weighted by molar-refractivity contribution is 9.10. The minimum absolute atomic E-state index is 0.251. The second kappa shape index (κ2) is 6.16. The molecule has 6 nitrogen and oxygen atoms in total. The van der Waals surface area contributed by atoms with Crippen molar-refractivity contribution < 1.29 is 9.21 Å². The second-order valence-corrected chi connectivity index (χ2v) is 4.98. The fraction of sp³-hybridized carbons (Fsp3) is 0.364. The molecular formula is C11H13BrN4O2S. The van der Waals surface area contributed by atoms with E-state index >= 15 is 0 Å². The van der Waals surface area contributed by atoms with Gasteiger partial charge in [0.05, 0.1) is 0 Å². The standard InChI is InChI=1S/C11H13BrN4O2S/c1-2-9-14-15-11(19)16(9)6-5-13-10(17)7-3-4-8(12)18-7/h3-4H,2,5-6H2,1H3,(H,13,17)(H,15,19). The van der Waals surface area contributed by atoms with Gasteiger partial charge in [-0.25, -0.2) is 0 Å². The molecule has 0 unspecified atom stereocenters. The number of halogens is 1. The number of amides is 1. The van der Waals surface area contributed by atoms with Gasteiger partial charge < -0.3 is 14.3 Å². The number of furan rings is 1. The lowest BCUT2D eigenvalue weighted by atomic mass is 10.4. The normalized spacial score (nSPS) is 10.6. The van der Waals surface area contributed by atoms with Crippen molar-refractivity contribution in [3.8, 4) is 0 Å². The van der Waals surface area contributed by atoms with E-state index in [4.69, 9.17) is 16.6 Å². The monoisotopic (exact) mass is 344 g/mol. The van der Waals surface area contributed by atoms with E-state index < -0.39 is 0 Å². The van der Waals surface area contributed by atoms with E-state index in [0.29, 0.717) is 22.5 Å². The predicted molar refractivity (Wildman–Crippen MR) is 75.5 cm³/mol. The topological polar surface area (TPSA) is 75.8 Å². The Morgan fingerprint density at radius 2 is 2.42 bits per heavy atom. The van der Waals surface area contributed by atoms with Gasteiger partial charge in [0.2, 0.25) is 0 Å². The molecule has 2 rings (SSSR count). The van der Waals surface area contributed by atoms with Crippen molar-refractivity contribution in [2.24, 2.45) is 0 Å². The zero-order chi connectivity index (χ0) is 13.8. The first kappa shape index (κ1) is 14.0. The summed E-state index contributed by atoms with van der Waals surface area (Å²) in [6.45, 7) is 3.03. The van der Waals surface area contributed by atoms with Gasteiger partial charge in [0.15, 0.2) is 15.2 Å². The van der Waals surface area contributed by atoms with E-state index in [-0.39, 0.29) is 11.7 Å². The van der Waals surface area contributed by atoms with Crippen molar-refractivity contribution in [1.82, 2.24) is 20.1 Å². The van der Waals surface area contributed by atoms with Crippen molar-refractivity contribution >= 4 is 34.1 Å². The molecule has 102 valence electrons. The molecule has 19 heavy (non-hydrogen) atoms. The van der Waals surface area contributed by atoms with E-state index in [9.17, 15) is 4.79 Å². The van der Waals surface area contributed by atoms with Crippen molar-refractivity contribution in [3.05, 3.63) is 33.2 Å². The van der Waals surface area contributed by atoms with E-state index in [1.54, 1.807) is 12.1 Å². The van der Waals surface area contributed by atoms with Gasteiger partial charge in [-0.1, -0.05) is 6.92 Å². The minimum Gasteiger partial charge on any atom is -0.444 e. The van der Waals surface area contributed by atoms with Gasteiger partial charge in [-0.2, -0.15) is 5.10 Å². The molecule has 0 spiro atoms. The molecule has 2 heterocycles. The molecule has 0 aliphatic carbocycles. The molecule has 0 aliphatic heterocycles. The van der Waals surface area contributed by atoms with Crippen LogP contribution in [0.4, 0.5) is 0 Å². The molecule has 0 fully saturated rings. The predicted octanol–water partition coefficient (Wildman–Crippen LogP) is 2.29. The minimum atomic E-state index is -0.251. The average molecular weight is 345 g/mol. The van der Waals surface area contributed by atoms with E-state index in [2.05, 4.69) is 31.4 Å². The lowest BCUT2D eigenvalue weighted by Gasteiger charge is -2.06. The molecular weight excluding hydrogens is 332 g/mol. The van der Waals surface area contributed by atoms with Crippen LogP contribution in [0.25, 0.3) is 0 Å². The number of hydrogen-bond donors (Lipinski definition) is 2. The molecule has 2 aromatic heterocycles. The summed E-state index contributed by atoms with van der Waals surface area (Å²) in [6.07, 6.45) is 0.784. The maximum Gasteiger partial charge on any atom is 0.287 e. The summed E-state index contributed by atoms with van der Waals surface area (Å²) in [5.41, 5.74) is 0. The van der Waals surface area contributed by atoms with E-state index in [1.165, 1.54) is 0 Å². The summed E-state index contributed by atoms with van der Waals surface area (Å²) in [7, 11) is 0. The number of aryl methyl sites for hydroxylation is 1. The number of aromatic nitrogens is 3. The summed E-state index contributed by atoms with van der Waals surface area (Å²) in [4.78, 5) is 11.7. The summed E-state index contributed by atoms with van der Waals surface area (Å²) in [6, 6.07) is 3.29. The maximum atomic E-state index is 11.7. The van der Waals surface area contributed by atoms with Crippen molar-refractivity contribution in [2.75, 3.05) is 6.54 Å². The van der Waals surface area contributed by atoms with Gasteiger partial charge in [-0.15, -0.1) is 0 Å². The number of nitrogens with zero attached hydrogens (tertiary/aromatic N) is 2. The molecule has 0 radical (unpaired) electrons. The molecule has 2 N–H and O–H groups in total. The highest BCUT2D eigenvalue weighted by Crippen LogP contribution is 2.13. The lowest BCUT2D eigenvalue weighted by Crippen LogP contribution is -2.27. The Balaban J connectivity index is 1.91. The van der Waals surface area contributed by atoms with Crippen LogP contribution in [-0.2, 0) is 13.0 Å². The fourth-order valence-corrected chi connectivity index (χ4v) is 2.20. The number of hydrogen-bond acceptors (Lipinski definition) is 4. The summed E-state index contributed by atoms with van der Waals surface area (Å²) < 4.78 is 8.12. The van der Waals surface area contributed by atoms with E-state index in [0.717, 1.165) is 12.2 Å². The number of carbonyl (C=O) groups excluding carboxylic acids is 1. The molecule has 0 saturated heterocycles. The van der Waals surface area contributed by atoms with Crippen molar-refractivity contribution in [1.29, 1.82) is 0 Å². The summed E-state index contributed by atoms with van der Waals surface area (Å²) in [5.74, 6) is 0.900. The van der Waals surface area contributed by atoms with Crippen LogP contribution < -0.4 is 5.32 Å². The number of rotatable bonds is 5. The van der Waals surface area contributed by atoms with Gasteiger partial charge >= 0.3 is 0 Å². The first-order chi connectivity index (χ1) is 9.11. The smallest absolute Gasteiger partial charge is 0.287 e. The Labute approximate surface area is 123 Å². The Morgan fingerprint density at radius 3 is 3.05 bits per heavy atom. The van der Waals surface area contributed by atoms with Crippen LogP contribution in [-0.4, -0.2) is 27.2 Å². The first-order valence-electron chi connectivity index (χ1n) is 5.79. The Morgan fingerprint density at radius 1 is 1.63 bits per heavy atom. The van der Waals surface area contributed by atoms with Gasteiger partial charge in [-0.05, 0) is 40.3 Å². The third-order valence-electron chi connectivity index (χ3n) is 2.57. The second-order valence-electron chi connectivity index (χ2n) is 3.81. The van der Waals surface area contributed by atoms with Gasteiger partial charge in [-0.3, -0.25) is 9.89 Å². The Kier molecular flexibility index (Phi) is 4.54. The highest BCUT2D eigenvalue weighted by atomic mass is 79.9. The number of aromatic amines is 1. The van der Waals surface area contributed by atoms with Gasteiger partial charge in [0.1, 0.15) is 5.82 Å². The molecule has 8 heteroatoms. The van der Waals surface area contributed by atoms with Crippen LogP contribution in [0, 0.1) is 4.77 Å². The van der Waals surface area contributed by atoms with Crippen molar-refractivity contribution in [2.45, 2.75) is 19.9 Å². The molecule has 1 amide bonds. The number of carbonyl (C=O) groups is 1. The third-order valence-corrected chi connectivity index (χ3v) is 3.31. The first-order valence-corrected chi connectivity index (χ1v) is 6.99. The van der Waals surface area contributed by atoms with Crippen molar-refractivity contribution in [3.63, 3.8) is 0 Å². The molecule has 2 aromatic rings. The Hall–Kier alpha value is -1.41. The fourth-order valence-electron chi connectivity index (χ4n) is 1.66. The van der Waals surface area contributed by atoms with Crippen LogP contribution in [0.1, 0.15) is 23.3 Å². The highest BCUT2D eigenvalue weighted by Gasteiger charge is 2.10. The van der Waals surface area contributed by atoms with Crippen LogP contribution >= 0.6 is 28.1 Å². The zero-order valence-corrected chi connectivity index (χ0v) is 12.7. The summed E-state index contributed by atoms with van der Waals surface area (Å²) >= 11 is 8.27. The van der Waals surface area contributed by atoms with Gasteiger partial charge in [0, 0.05) is 19.5 Å². The van der Waals surface area contributed by atoms with E-state index in [1.807, 2.05) is 11.5 Å². The molecule has 0 bridgehead atoms. The largest absolute Gasteiger partial charge is 0.444 e. The van der Waals surface area contributed by atoms with Crippen LogP contribution in [0.2, 0.25) is 0 Å². The average Bonchev–Trinajstić information content (AvgIpc) is 2.97. The Bertz CT molecular complexity index is 631. The quantitative estimate of drug-likeness (QED) is 0.816. The molecule has 0 saturated carbocycles. The van der Waals surface area contributed by atoms with Crippen LogP contribution in [0.15, 0.2) is 21.2 Å².